The summed E-state index contributed by atoms with van der Waals surface area (Å²) < 4.78 is 2.29. The first-order chi connectivity index (χ1) is 8.40. The molecule has 3 heteroatoms. The molecule has 0 spiro atoms. The van der Waals surface area contributed by atoms with Gasteiger partial charge in [-0.2, -0.15) is 0 Å². The van der Waals surface area contributed by atoms with Crippen LogP contribution >= 0.6 is 0 Å². The van der Waals surface area contributed by atoms with Gasteiger partial charge in [-0.1, -0.05) is 6.07 Å². The predicted octanol–water partition coefficient (Wildman–Crippen LogP) is 3.25. The second-order valence-electron chi connectivity index (χ2n) is 5.87. The molecule has 0 amide bonds. The average Bonchev–Trinajstić information content (AvgIpc) is 2.62. The molecule has 0 aliphatic heterocycles. The predicted molar refractivity (Wildman–Crippen MR) is 76.7 cm³/mol. The van der Waals surface area contributed by atoms with Gasteiger partial charge in [0, 0.05) is 12.1 Å². The lowest BCUT2D eigenvalue weighted by molar-refractivity contribution is 0.413. The molecule has 0 aliphatic carbocycles. The fourth-order valence-corrected chi connectivity index (χ4v) is 2.12. The Morgan fingerprint density at radius 1 is 1.28 bits per heavy atom. The zero-order valence-electron chi connectivity index (χ0n) is 12.0. The minimum atomic E-state index is 0.118. The van der Waals surface area contributed by atoms with Crippen molar-refractivity contribution in [2.75, 3.05) is 0 Å². The van der Waals surface area contributed by atoms with E-state index >= 15 is 0 Å². The number of hydrogen-bond acceptors (Lipinski definition) is 2. The summed E-state index contributed by atoms with van der Waals surface area (Å²) in [4.78, 5) is 4.75. The second-order valence-corrected chi connectivity index (χ2v) is 5.87. The van der Waals surface area contributed by atoms with Crippen LogP contribution in [-0.2, 0) is 13.1 Å². The Morgan fingerprint density at radius 2 is 2.00 bits per heavy atom. The molecule has 0 aliphatic rings. The van der Waals surface area contributed by atoms with Crippen LogP contribution in [0, 0.1) is 6.92 Å². The highest BCUT2D eigenvalue weighted by atomic mass is 15.1. The summed E-state index contributed by atoms with van der Waals surface area (Å²) in [6, 6.07) is 6.47. The molecule has 0 bridgehead atoms. The molecule has 1 heterocycles. The maximum absolute atomic E-state index is 4.75. The molecule has 0 saturated carbocycles. The first-order valence-corrected chi connectivity index (χ1v) is 6.61. The lowest BCUT2D eigenvalue weighted by Gasteiger charge is -2.20. The van der Waals surface area contributed by atoms with E-state index in [0.717, 1.165) is 24.4 Å². The molecule has 2 rings (SSSR count). The third kappa shape index (κ3) is 2.72. The topological polar surface area (TPSA) is 29.9 Å². The number of benzene rings is 1. The zero-order valence-corrected chi connectivity index (χ0v) is 12.0. The number of rotatable bonds is 3. The van der Waals surface area contributed by atoms with Crippen LogP contribution in [0.2, 0.25) is 0 Å². The molecule has 0 fully saturated rings. The average molecular weight is 245 g/mol. The Morgan fingerprint density at radius 3 is 2.61 bits per heavy atom. The van der Waals surface area contributed by atoms with Gasteiger partial charge in [0.1, 0.15) is 5.82 Å². The third-order valence-electron chi connectivity index (χ3n) is 3.08. The first-order valence-electron chi connectivity index (χ1n) is 6.61. The van der Waals surface area contributed by atoms with Crippen LogP contribution in [-0.4, -0.2) is 15.1 Å². The highest BCUT2D eigenvalue weighted by Crippen LogP contribution is 2.18. The van der Waals surface area contributed by atoms with E-state index in [1.807, 2.05) is 0 Å². The van der Waals surface area contributed by atoms with Crippen LogP contribution in [0.5, 0.6) is 0 Å². The Hall–Kier alpha value is -1.35. The summed E-state index contributed by atoms with van der Waals surface area (Å²) in [5.41, 5.74) is 3.71. The number of nitrogens with zero attached hydrogens (tertiary/aromatic N) is 2. The van der Waals surface area contributed by atoms with Gasteiger partial charge in [0.25, 0.3) is 0 Å². The molecule has 1 aromatic carbocycles. The molecule has 0 radical (unpaired) electrons. The lowest BCUT2D eigenvalue weighted by Crippen LogP contribution is -2.35. The van der Waals surface area contributed by atoms with Crippen LogP contribution in [0.4, 0.5) is 0 Å². The van der Waals surface area contributed by atoms with Gasteiger partial charge >= 0.3 is 0 Å². The number of imidazole rings is 1. The van der Waals surface area contributed by atoms with E-state index in [-0.39, 0.29) is 5.54 Å². The number of fused-ring (bicyclic) bond motifs is 1. The van der Waals surface area contributed by atoms with Crippen LogP contribution in [0.1, 0.15) is 39.1 Å². The van der Waals surface area contributed by atoms with E-state index < -0.39 is 0 Å². The van der Waals surface area contributed by atoms with Gasteiger partial charge in [-0.3, -0.25) is 0 Å². The zero-order chi connectivity index (χ0) is 13.3. The van der Waals surface area contributed by atoms with Gasteiger partial charge in [0.2, 0.25) is 0 Å². The molecule has 0 saturated heterocycles. The first kappa shape index (κ1) is 13.1. The van der Waals surface area contributed by atoms with Crippen molar-refractivity contribution in [2.45, 2.75) is 53.2 Å². The highest BCUT2D eigenvalue weighted by Gasteiger charge is 2.13. The van der Waals surface area contributed by atoms with Crippen molar-refractivity contribution in [2.24, 2.45) is 0 Å². The van der Waals surface area contributed by atoms with E-state index in [1.54, 1.807) is 0 Å². The van der Waals surface area contributed by atoms with Crippen LogP contribution < -0.4 is 5.32 Å². The highest BCUT2D eigenvalue weighted by molar-refractivity contribution is 5.76. The molecule has 98 valence electrons. The second kappa shape index (κ2) is 4.73. The minimum Gasteiger partial charge on any atom is -0.327 e. The van der Waals surface area contributed by atoms with E-state index in [4.69, 9.17) is 4.98 Å². The molecule has 3 nitrogen and oxygen atoms in total. The summed E-state index contributed by atoms with van der Waals surface area (Å²) in [5, 5.41) is 3.51. The minimum absolute atomic E-state index is 0.118. The van der Waals surface area contributed by atoms with Crippen molar-refractivity contribution in [1.29, 1.82) is 0 Å². The molecule has 1 N–H and O–H groups in total. The standard InChI is InChI=1S/C15H23N3/c1-6-18-13-8-7-11(2)9-12(13)17-14(18)10-16-15(3,4)5/h7-9,16H,6,10H2,1-5H3. The molecule has 0 unspecified atom stereocenters. The van der Waals surface area contributed by atoms with Gasteiger partial charge in [-0.25, -0.2) is 4.98 Å². The van der Waals surface area contributed by atoms with E-state index in [9.17, 15) is 0 Å². The van der Waals surface area contributed by atoms with Gasteiger partial charge in [-0.15, -0.1) is 0 Å². The van der Waals surface area contributed by atoms with E-state index in [1.165, 1.54) is 11.1 Å². The number of hydrogen-bond donors (Lipinski definition) is 1. The van der Waals surface area contributed by atoms with Gasteiger partial charge in [-0.05, 0) is 52.3 Å². The Bertz CT molecular complexity index is 547. The summed E-state index contributed by atoms with van der Waals surface area (Å²) in [7, 11) is 0. The van der Waals surface area contributed by atoms with Crippen molar-refractivity contribution in [1.82, 2.24) is 14.9 Å². The van der Waals surface area contributed by atoms with Gasteiger partial charge in [0.05, 0.1) is 17.6 Å². The largest absolute Gasteiger partial charge is 0.327 e. The number of nitrogens with one attached hydrogen (secondary N) is 1. The SMILES string of the molecule is CCn1c(CNC(C)(C)C)nc2cc(C)ccc21. The van der Waals surface area contributed by atoms with Gasteiger partial charge in [0.15, 0.2) is 0 Å². The molecule has 18 heavy (non-hydrogen) atoms. The van der Waals surface area contributed by atoms with E-state index in [0.29, 0.717) is 0 Å². The van der Waals surface area contributed by atoms with Crippen molar-refractivity contribution >= 4 is 11.0 Å². The Labute approximate surface area is 109 Å². The van der Waals surface area contributed by atoms with Crippen molar-refractivity contribution in [3.8, 4) is 0 Å². The summed E-state index contributed by atoms with van der Waals surface area (Å²) in [5.74, 6) is 1.12. The smallest absolute Gasteiger partial charge is 0.123 e. The monoisotopic (exact) mass is 245 g/mol. The van der Waals surface area contributed by atoms with Crippen LogP contribution in [0.25, 0.3) is 11.0 Å². The Balaban J connectivity index is 2.38. The maximum Gasteiger partial charge on any atom is 0.123 e. The summed E-state index contributed by atoms with van der Waals surface area (Å²) in [6.45, 7) is 12.6. The van der Waals surface area contributed by atoms with Crippen molar-refractivity contribution in [3.05, 3.63) is 29.6 Å². The lowest BCUT2D eigenvalue weighted by atomic mass is 10.1. The van der Waals surface area contributed by atoms with Crippen molar-refractivity contribution in [3.63, 3.8) is 0 Å². The number of aromatic nitrogens is 2. The molecule has 1 aromatic heterocycles. The van der Waals surface area contributed by atoms with E-state index in [2.05, 4.69) is 62.7 Å². The van der Waals surface area contributed by atoms with Crippen LogP contribution in [0.15, 0.2) is 18.2 Å². The third-order valence-corrected chi connectivity index (χ3v) is 3.08. The molecular formula is C15H23N3. The molecule has 0 atom stereocenters. The fourth-order valence-electron chi connectivity index (χ4n) is 2.12. The Kier molecular flexibility index (Phi) is 3.44. The summed E-state index contributed by atoms with van der Waals surface area (Å²) >= 11 is 0. The van der Waals surface area contributed by atoms with Crippen molar-refractivity contribution < 1.29 is 0 Å². The van der Waals surface area contributed by atoms with Gasteiger partial charge < -0.3 is 9.88 Å². The molecule has 2 aromatic rings. The number of aryl methyl sites for hydroxylation is 2. The normalized spacial score (nSPS) is 12.3. The maximum atomic E-state index is 4.75. The quantitative estimate of drug-likeness (QED) is 0.899. The summed E-state index contributed by atoms with van der Waals surface area (Å²) in [6.07, 6.45) is 0. The fraction of sp³-hybridized carbons (Fsp3) is 0.533. The van der Waals surface area contributed by atoms with Crippen LogP contribution in [0.3, 0.4) is 0 Å². The molecular weight excluding hydrogens is 222 g/mol.